The Labute approximate surface area is 168 Å². The molecule has 1 heterocycles. The van der Waals surface area contributed by atoms with Crippen LogP contribution in [0.25, 0.3) is 11.3 Å². The van der Waals surface area contributed by atoms with Crippen molar-refractivity contribution in [3.05, 3.63) is 71.2 Å². The average molecular weight is 398 g/mol. The fraction of sp³-hybridized carbons (Fsp3) is 0.190. The minimum absolute atomic E-state index is 0.113. The van der Waals surface area contributed by atoms with Crippen LogP contribution in [-0.2, 0) is 11.2 Å². The maximum absolute atomic E-state index is 12.0. The number of hydrogen-bond acceptors (Lipinski definition) is 5. The number of benzene rings is 2. The van der Waals surface area contributed by atoms with Crippen LogP contribution in [0.15, 0.2) is 60.7 Å². The molecule has 28 heavy (non-hydrogen) atoms. The maximum atomic E-state index is 12.0. The number of methoxy groups -OCH3 is 1. The number of aromatic nitrogens is 2. The normalized spacial score (nSPS) is 10.4. The van der Waals surface area contributed by atoms with E-state index in [1.165, 1.54) is 0 Å². The van der Waals surface area contributed by atoms with E-state index in [9.17, 15) is 4.79 Å². The van der Waals surface area contributed by atoms with Crippen molar-refractivity contribution in [1.82, 2.24) is 15.5 Å². The number of nitrogens with one attached hydrogen (secondary N) is 1. The van der Waals surface area contributed by atoms with Crippen molar-refractivity contribution in [1.29, 1.82) is 0 Å². The minimum Gasteiger partial charge on any atom is -0.497 e. The van der Waals surface area contributed by atoms with Gasteiger partial charge in [0.15, 0.2) is 0 Å². The highest BCUT2D eigenvalue weighted by Gasteiger charge is 2.07. The predicted molar refractivity (Wildman–Crippen MR) is 108 cm³/mol. The summed E-state index contributed by atoms with van der Waals surface area (Å²) in [6.45, 7) is 0.663. The van der Waals surface area contributed by atoms with E-state index in [1.54, 1.807) is 19.2 Å². The summed E-state index contributed by atoms with van der Waals surface area (Å²) in [6.07, 6.45) is 0.232. The quantitative estimate of drug-likeness (QED) is 0.588. The van der Waals surface area contributed by atoms with Gasteiger partial charge >= 0.3 is 0 Å². The molecule has 1 aromatic heterocycles. The van der Waals surface area contributed by atoms with Crippen molar-refractivity contribution in [2.24, 2.45) is 0 Å². The fourth-order valence-corrected chi connectivity index (χ4v) is 2.74. The first-order valence-corrected chi connectivity index (χ1v) is 9.14. The molecule has 0 aliphatic carbocycles. The maximum Gasteiger partial charge on any atom is 0.233 e. The monoisotopic (exact) mass is 397 g/mol. The van der Waals surface area contributed by atoms with E-state index in [-0.39, 0.29) is 12.3 Å². The van der Waals surface area contributed by atoms with Crippen LogP contribution in [0.5, 0.6) is 11.6 Å². The number of hydrogen-bond donors (Lipinski definition) is 1. The van der Waals surface area contributed by atoms with Crippen molar-refractivity contribution in [2.75, 3.05) is 20.3 Å². The molecular weight excluding hydrogens is 378 g/mol. The van der Waals surface area contributed by atoms with E-state index in [2.05, 4.69) is 15.5 Å². The number of carbonyl (C=O) groups excluding carboxylic acids is 1. The Morgan fingerprint density at radius 2 is 1.82 bits per heavy atom. The first-order valence-electron chi connectivity index (χ1n) is 8.77. The van der Waals surface area contributed by atoms with Gasteiger partial charge in [-0.15, -0.1) is 10.2 Å². The van der Waals surface area contributed by atoms with Crippen LogP contribution in [0, 0.1) is 0 Å². The van der Waals surface area contributed by atoms with E-state index in [4.69, 9.17) is 21.1 Å². The molecule has 0 spiro atoms. The largest absolute Gasteiger partial charge is 0.497 e. The number of rotatable bonds is 8. The van der Waals surface area contributed by atoms with E-state index in [0.717, 1.165) is 22.6 Å². The lowest BCUT2D eigenvalue weighted by Crippen LogP contribution is -2.29. The third-order valence-electron chi connectivity index (χ3n) is 4.01. The Bertz CT molecular complexity index is 915. The molecule has 2 aromatic carbocycles. The van der Waals surface area contributed by atoms with Gasteiger partial charge in [0.05, 0.1) is 25.8 Å². The zero-order chi connectivity index (χ0) is 19.8. The van der Waals surface area contributed by atoms with Gasteiger partial charge in [-0.2, -0.15) is 0 Å². The molecule has 6 nitrogen and oxygen atoms in total. The Balaban J connectivity index is 1.43. The van der Waals surface area contributed by atoms with Gasteiger partial charge < -0.3 is 14.8 Å². The number of nitrogens with zero attached hydrogens (tertiary/aromatic N) is 2. The lowest BCUT2D eigenvalue weighted by Gasteiger charge is -2.08. The SMILES string of the molecule is COc1ccc(-c2ccc(OCCNC(=O)Cc3ccccc3Cl)nn2)cc1. The summed E-state index contributed by atoms with van der Waals surface area (Å²) in [5, 5.41) is 11.6. The molecule has 0 saturated carbocycles. The van der Waals surface area contributed by atoms with Crippen LogP contribution >= 0.6 is 11.6 Å². The van der Waals surface area contributed by atoms with Crippen LogP contribution < -0.4 is 14.8 Å². The molecule has 0 fully saturated rings. The van der Waals surface area contributed by atoms with E-state index in [0.29, 0.717) is 24.1 Å². The van der Waals surface area contributed by atoms with Crippen LogP contribution in [-0.4, -0.2) is 36.4 Å². The molecule has 0 radical (unpaired) electrons. The van der Waals surface area contributed by atoms with Gasteiger partial charge in [-0.1, -0.05) is 29.8 Å². The lowest BCUT2D eigenvalue weighted by atomic mass is 10.1. The first kappa shape index (κ1) is 19.6. The third-order valence-corrected chi connectivity index (χ3v) is 4.38. The summed E-state index contributed by atoms with van der Waals surface area (Å²) < 4.78 is 10.7. The molecule has 3 aromatic rings. The highest BCUT2D eigenvalue weighted by Crippen LogP contribution is 2.21. The van der Waals surface area contributed by atoms with Crippen LogP contribution in [0.3, 0.4) is 0 Å². The molecule has 7 heteroatoms. The van der Waals surface area contributed by atoms with Crippen molar-refractivity contribution < 1.29 is 14.3 Å². The molecule has 0 aliphatic heterocycles. The van der Waals surface area contributed by atoms with Crippen molar-refractivity contribution in [3.63, 3.8) is 0 Å². The Morgan fingerprint density at radius 3 is 2.50 bits per heavy atom. The van der Waals surface area contributed by atoms with Gasteiger partial charge in [0.2, 0.25) is 11.8 Å². The molecule has 144 valence electrons. The predicted octanol–water partition coefficient (Wildman–Crippen LogP) is 3.54. The molecule has 0 saturated heterocycles. The van der Waals surface area contributed by atoms with Gasteiger partial charge in [-0.3, -0.25) is 4.79 Å². The second-order valence-corrected chi connectivity index (χ2v) is 6.36. The number of halogens is 1. The second kappa shape index (κ2) is 9.71. The van der Waals surface area contributed by atoms with Crippen molar-refractivity contribution >= 4 is 17.5 Å². The molecule has 0 bridgehead atoms. The first-order chi connectivity index (χ1) is 13.7. The Kier molecular flexibility index (Phi) is 6.81. The van der Waals surface area contributed by atoms with Gasteiger partial charge in [0, 0.05) is 16.7 Å². The highest BCUT2D eigenvalue weighted by atomic mass is 35.5. The highest BCUT2D eigenvalue weighted by molar-refractivity contribution is 6.31. The minimum atomic E-state index is -0.113. The zero-order valence-corrected chi connectivity index (χ0v) is 16.1. The van der Waals surface area contributed by atoms with Crippen molar-refractivity contribution in [2.45, 2.75) is 6.42 Å². The summed E-state index contributed by atoms with van der Waals surface area (Å²) in [7, 11) is 1.63. The van der Waals surface area contributed by atoms with Crippen LogP contribution in [0.4, 0.5) is 0 Å². The molecule has 1 amide bonds. The third kappa shape index (κ3) is 5.44. The molecule has 3 rings (SSSR count). The van der Waals surface area contributed by atoms with Gasteiger partial charge in [-0.25, -0.2) is 0 Å². The molecule has 0 atom stereocenters. The van der Waals surface area contributed by atoms with Gasteiger partial charge in [0.25, 0.3) is 0 Å². The molecular formula is C21H20ClN3O3. The van der Waals surface area contributed by atoms with Gasteiger partial charge in [0.1, 0.15) is 12.4 Å². The van der Waals surface area contributed by atoms with Crippen LogP contribution in [0.1, 0.15) is 5.56 Å². The smallest absolute Gasteiger partial charge is 0.233 e. The van der Waals surface area contributed by atoms with E-state index >= 15 is 0 Å². The Hall–Kier alpha value is -3.12. The number of carbonyl (C=O) groups is 1. The second-order valence-electron chi connectivity index (χ2n) is 5.95. The topological polar surface area (TPSA) is 73.3 Å². The number of amides is 1. The molecule has 1 N–H and O–H groups in total. The molecule has 0 unspecified atom stereocenters. The summed E-state index contributed by atoms with van der Waals surface area (Å²) >= 11 is 6.06. The van der Waals surface area contributed by atoms with Crippen molar-refractivity contribution in [3.8, 4) is 22.9 Å². The zero-order valence-electron chi connectivity index (χ0n) is 15.4. The van der Waals surface area contributed by atoms with E-state index in [1.807, 2.05) is 48.5 Å². The average Bonchev–Trinajstić information content (AvgIpc) is 2.73. The summed E-state index contributed by atoms with van der Waals surface area (Å²) in [5.41, 5.74) is 2.47. The van der Waals surface area contributed by atoms with Gasteiger partial charge in [-0.05, 0) is 42.0 Å². The standard InChI is InChI=1S/C21H20ClN3O3/c1-27-17-8-6-15(7-9-17)19-10-11-21(25-24-19)28-13-12-23-20(26)14-16-4-2-3-5-18(16)22/h2-11H,12-14H2,1H3,(H,23,26). The lowest BCUT2D eigenvalue weighted by molar-refractivity contribution is -0.120. The Morgan fingerprint density at radius 1 is 1.04 bits per heavy atom. The summed E-state index contributed by atoms with van der Waals surface area (Å²) in [6, 6.07) is 18.4. The number of ether oxygens (including phenoxy) is 2. The van der Waals surface area contributed by atoms with E-state index < -0.39 is 0 Å². The molecule has 0 aliphatic rings. The summed E-state index contributed by atoms with van der Waals surface area (Å²) in [5.74, 6) is 1.07. The summed E-state index contributed by atoms with van der Waals surface area (Å²) in [4.78, 5) is 12.0. The fourth-order valence-electron chi connectivity index (χ4n) is 2.54. The van der Waals surface area contributed by atoms with Crippen LogP contribution in [0.2, 0.25) is 5.02 Å².